The first-order chi connectivity index (χ1) is 8.97. The van der Waals surface area contributed by atoms with Gasteiger partial charge in [0.05, 0.1) is 5.56 Å². The Kier molecular flexibility index (Phi) is 3.76. The average Bonchev–Trinajstić information content (AvgIpc) is 2.83. The Bertz CT molecular complexity index is 599. The summed E-state index contributed by atoms with van der Waals surface area (Å²) < 4.78 is 65.9. The summed E-state index contributed by atoms with van der Waals surface area (Å²) in [6, 6.07) is 0. The third kappa shape index (κ3) is 2.30. The molecule has 0 atom stereocenters. The van der Waals surface area contributed by atoms with Gasteiger partial charge in [0.25, 0.3) is 0 Å². The molecule has 102 valence electrons. The SMILES string of the molecule is NCCc1nnc(-c2c(F)c(F)c(F)c(F)c2F)s1. The fourth-order valence-electron chi connectivity index (χ4n) is 1.37. The standard InChI is InChI=1S/C10H6F5N3S/c11-5-4(6(12)8(14)9(15)7(5)13)10-18-17-3(19-10)1-2-16/h1-2,16H2. The van der Waals surface area contributed by atoms with E-state index in [2.05, 4.69) is 10.2 Å². The van der Waals surface area contributed by atoms with Crippen molar-refractivity contribution in [1.82, 2.24) is 10.2 Å². The van der Waals surface area contributed by atoms with Gasteiger partial charge in [0, 0.05) is 6.42 Å². The van der Waals surface area contributed by atoms with Gasteiger partial charge in [-0.05, 0) is 6.54 Å². The molecular formula is C10H6F5N3S. The van der Waals surface area contributed by atoms with Crippen LogP contribution in [0.2, 0.25) is 0 Å². The summed E-state index contributed by atoms with van der Waals surface area (Å²) >= 11 is 0.724. The molecule has 0 bridgehead atoms. The van der Waals surface area contributed by atoms with Crippen molar-refractivity contribution in [2.75, 3.05) is 6.54 Å². The first-order valence-electron chi connectivity index (χ1n) is 5.01. The summed E-state index contributed by atoms with van der Waals surface area (Å²) in [5, 5.41) is 6.95. The fourth-order valence-corrected chi connectivity index (χ4v) is 2.26. The van der Waals surface area contributed by atoms with Crippen molar-refractivity contribution < 1.29 is 22.0 Å². The second-order valence-electron chi connectivity index (χ2n) is 3.48. The smallest absolute Gasteiger partial charge is 0.200 e. The van der Waals surface area contributed by atoms with Crippen LogP contribution in [0.25, 0.3) is 10.6 Å². The summed E-state index contributed by atoms with van der Waals surface area (Å²) in [5.41, 5.74) is 4.19. The summed E-state index contributed by atoms with van der Waals surface area (Å²) in [6.07, 6.45) is 0.299. The number of halogens is 5. The van der Waals surface area contributed by atoms with Gasteiger partial charge in [-0.3, -0.25) is 0 Å². The maximum absolute atomic E-state index is 13.5. The zero-order valence-electron chi connectivity index (χ0n) is 9.18. The predicted octanol–water partition coefficient (Wildman–Crippen LogP) is 2.40. The highest BCUT2D eigenvalue weighted by Gasteiger charge is 2.28. The van der Waals surface area contributed by atoms with Gasteiger partial charge in [0.2, 0.25) is 5.82 Å². The summed E-state index contributed by atoms with van der Waals surface area (Å²) in [4.78, 5) is 0. The van der Waals surface area contributed by atoms with Crippen LogP contribution in [0.5, 0.6) is 0 Å². The van der Waals surface area contributed by atoms with Gasteiger partial charge in [-0.2, -0.15) is 0 Å². The number of aromatic nitrogens is 2. The van der Waals surface area contributed by atoms with Crippen LogP contribution in [0.15, 0.2) is 0 Å². The Morgan fingerprint density at radius 3 is 1.89 bits per heavy atom. The lowest BCUT2D eigenvalue weighted by molar-refractivity contribution is 0.381. The predicted molar refractivity (Wildman–Crippen MR) is 57.9 cm³/mol. The molecule has 0 saturated carbocycles. The van der Waals surface area contributed by atoms with Crippen molar-refractivity contribution >= 4 is 11.3 Å². The highest BCUT2D eigenvalue weighted by Crippen LogP contribution is 2.33. The molecule has 0 aliphatic heterocycles. The number of nitrogens with zero attached hydrogens (tertiary/aromatic N) is 2. The largest absolute Gasteiger partial charge is 0.330 e. The molecule has 19 heavy (non-hydrogen) atoms. The molecule has 2 aromatic rings. The van der Waals surface area contributed by atoms with E-state index in [1.54, 1.807) is 0 Å². The second-order valence-corrected chi connectivity index (χ2v) is 4.55. The van der Waals surface area contributed by atoms with E-state index in [0.717, 1.165) is 11.3 Å². The number of rotatable bonds is 3. The van der Waals surface area contributed by atoms with Gasteiger partial charge >= 0.3 is 0 Å². The second kappa shape index (κ2) is 5.17. The van der Waals surface area contributed by atoms with Gasteiger partial charge in [0.1, 0.15) is 5.01 Å². The van der Waals surface area contributed by atoms with Crippen LogP contribution < -0.4 is 5.73 Å². The molecule has 0 spiro atoms. The van der Waals surface area contributed by atoms with E-state index in [4.69, 9.17) is 5.73 Å². The Balaban J connectivity index is 2.61. The zero-order valence-corrected chi connectivity index (χ0v) is 10.0. The highest BCUT2D eigenvalue weighted by atomic mass is 32.1. The lowest BCUT2D eigenvalue weighted by atomic mass is 10.2. The number of hydrogen-bond acceptors (Lipinski definition) is 4. The molecule has 2 N–H and O–H groups in total. The summed E-state index contributed by atoms with van der Waals surface area (Å²) in [6.45, 7) is 0.228. The molecular weight excluding hydrogens is 289 g/mol. The number of benzene rings is 1. The number of nitrogens with two attached hydrogens (primary N) is 1. The molecule has 2 rings (SSSR count). The molecule has 3 nitrogen and oxygen atoms in total. The molecule has 0 aliphatic rings. The van der Waals surface area contributed by atoms with E-state index in [0.29, 0.717) is 11.4 Å². The molecule has 0 saturated heterocycles. The summed E-state index contributed by atoms with van der Waals surface area (Å²) in [5.74, 6) is -10.1. The molecule has 0 radical (unpaired) electrons. The van der Waals surface area contributed by atoms with E-state index in [1.165, 1.54) is 0 Å². The normalized spacial score (nSPS) is 11.1. The Hall–Kier alpha value is -1.61. The first kappa shape index (κ1) is 13.8. The molecule has 0 unspecified atom stereocenters. The van der Waals surface area contributed by atoms with Gasteiger partial charge in [0.15, 0.2) is 28.3 Å². The van der Waals surface area contributed by atoms with Gasteiger partial charge < -0.3 is 5.73 Å². The van der Waals surface area contributed by atoms with Crippen molar-refractivity contribution in [2.45, 2.75) is 6.42 Å². The molecule has 0 amide bonds. The molecule has 1 aromatic carbocycles. The van der Waals surface area contributed by atoms with E-state index < -0.39 is 34.6 Å². The van der Waals surface area contributed by atoms with Crippen LogP contribution in [-0.4, -0.2) is 16.7 Å². The van der Waals surface area contributed by atoms with E-state index in [-0.39, 0.29) is 11.6 Å². The van der Waals surface area contributed by atoms with Crippen molar-refractivity contribution in [2.24, 2.45) is 5.73 Å². The Morgan fingerprint density at radius 2 is 1.37 bits per heavy atom. The Labute approximate surface area is 107 Å². The number of hydrogen-bond donors (Lipinski definition) is 1. The third-order valence-corrected chi connectivity index (χ3v) is 3.25. The minimum atomic E-state index is -2.20. The van der Waals surface area contributed by atoms with E-state index >= 15 is 0 Å². The van der Waals surface area contributed by atoms with Crippen LogP contribution in [0.4, 0.5) is 22.0 Å². The van der Waals surface area contributed by atoms with E-state index in [9.17, 15) is 22.0 Å². The van der Waals surface area contributed by atoms with Crippen molar-refractivity contribution in [1.29, 1.82) is 0 Å². The minimum absolute atomic E-state index is 0.228. The fraction of sp³-hybridized carbons (Fsp3) is 0.200. The van der Waals surface area contributed by atoms with Crippen LogP contribution in [0, 0.1) is 29.1 Å². The third-order valence-electron chi connectivity index (χ3n) is 2.25. The van der Waals surface area contributed by atoms with Gasteiger partial charge in [-0.25, -0.2) is 22.0 Å². The molecule has 0 fully saturated rings. The summed E-state index contributed by atoms with van der Waals surface area (Å²) in [7, 11) is 0. The lowest BCUT2D eigenvalue weighted by Crippen LogP contribution is -2.03. The van der Waals surface area contributed by atoms with Crippen LogP contribution >= 0.6 is 11.3 Å². The Morgan fingerprint density at radius 1 is 0.842 bits per heavy atom. The monoisotopic (exact) mass is 295 g/mol. The van der Waals surface area contributed by atoms with Crippen LogP contribution in [-0.2, 0) is 6.42 Å². The first-order valence-corrected chi connectivity index (χ1v) is 5.83. The molecule has 9 heteroatoms. The molecule has 0 aliphatic carbocycles. The topological polar surface area (TPSA) is 51.8 Å². The van der Waals surface area contributed by atoms with Crippen LogP contribution in [0.1, 0.15) is 5.01 Å². The van der Waals surface area contributed by atoms with Crippen molar-refractivity contribution in [3.05, 3.63) is 34.1 Å². The quantitative estimate of drug-likeness (QED) is 0.537. The lowest BCUT2D eigenvalue weighted by Gasteiger charge is -2.04. The van der Waals surface area contributed by atoms with Gasteiger partial charge in [-0.15, -0.1) is 10.2 Å². The average molecular weight is 295 g/mol. The molecule has 1 aromatic heterocycles. The maximum atomic E-state index is 13.5. The minimum Gasteiger partial charge on any atom is -0.330 e. The molecule has 1 heterocycles. The maximum Gasteiger partial charge on any atom is 0.200 e. The highest BCUT2D eigenvalue weighted by molar-refractivity contribution is 7.14. The van der Waals surface area contributed by atoms with Crippen molar-refractivity contribution in [3.63, 3.8) is 0 Å². The van der Waals surface area contributed by atoms with Gasteiger partial charge in [-0.1, -0.05) is 11.3 Å². The zero-order chi connectivity index (χ0) is 14.2. The van der Waals surface area contributed by atoms with Crippen molar-refractivity contribution in [3.8, 4) is 10.6 Å². The van der Waals surface area contributed by atoms with E-state index in [1.807, 2.05) is 0 Å². The van der Waals surface area contributed by atoms with Crippen LogP contribution in [0.3, 0.4) is 0 Å².